The minimum Gasteiger partial charge on any atom is -0.354 e. The van der Waals surface area contributed by atoms with Crippen LogP contribution in [0.25, 0.3) is 0 Å². The minimum atomic E-state index is -0.0575. The van der Waals surface area contributed by atoms with Gasteiger partial charge in [-0.15, -0.1) is 5.10 Å². The number of rotatable bonds is 6. The first-order chi connectivity index (χ1) is 13.1. The number of aromatic nitrogens is 3. The summed E-state index contributed by atoms with van der Waals surface area (Å²) in [7, 11) is 2.08. The lowest BCUT2D eigenvalue weighted by Crippen LogP contribution is -2.34. The van der Waals surface area contributed by atoms with Crippen LogP contribution in [0.2, 0.25) is 0 Å². The van der Waals surface area contributed by atoms with Gasteiger partial charge in [0, 0.05) is 32.6 Å². The normalized spacial score (nSPS) is 19.7. The van der Waals surface area contributed by atoms with Gasteiger partial charge in [-0.25, -0.2) is 4.68 Å². The van der Waals surface area contributed by atoms with Crippen LogP contribution in [0.1, 0.15) is 55.4 Å². The first-order valence-electron chi connectivity index (χ1n) is 10.3. The largest absolute Gasteiger partial charge is 0.354 e. The van der Waals surface area contributed by atoms with Gasteiger partial charge < -0.3 is 15.1 Å². The average molecular weight is 377 g/mol. The van der Waals surface area contributed by atoms with E-state index >= 15 is 0 Å². The summed E-state index contributed by atoms with van der Waals surface area (Å²) in [5, 5.41) is 11.0. The van der Waals surface area contributed by atoms with E-state index in [2.05, 4.69) is 27.6 Å². The standard InChI is InChI=1S/C19H32N6O2/c1-23-9-5-10-24(13-12-23)19(27)17-15-25(22-21-17)11-8-20-18(26)14-16-6-3-2-4-7-16/h15-16H,2-14H2,1H3,(H,20,26). The molecule has 0 unspecified atom stereocenters. The summed E-state index contributed by atoms with van der Waals surface area (Å²) in [6, 6.07) is 0. The number of amides is 2. The molecule has 2 amide bonds. The Morgan fingerprint density at radius 2 is 1.93 bits per heavy atom. The van der Waals surface area contributed by atoms with E-state index in [9.17, 15) is 9.59 Å². The Labute approximate surface area is 161 Å². The van der Waals surface area contributed by atoms with Gasteiger partial charge in [0.05, 0.1) is 12.7 Å². The van der Waals surface area contributed by atoms with Crippen LogP contribution in [0.3, 0.4) is 0 Å². The van der Waals surface area contributed by atoms with Crippen LogP contribution in [0.4, 0.5) is 0 Å². The van der Waals surface area contributed by atoms with Crippen LogP contribution in [0.5, 0.6) is 0 Å². The van der Waals surface area contributed by atoms with Gasteiger partial charge in [0.15, 0.2) is 5.69 Å². The lowest BCUT2D eigenvalue weighted by molar-refractivity contribution is -0.122. The van der Waals surface area contributed by atoms with Gasteiger partial charge in [0.2, 0.25) is 5.91 Å². The summed E-state index contributed by atoms with van der Waals surface area (Å²) >= 11 is 0. The Balaban J connectivity index is 1.41. The third-order valence-electron chi connectivity index (χ3n) is 5.63. The Morgan fingerprint density at radius 3 is 2.74 bits per heavy atom. The number of carbonyl (C=O) groups excluding carboxylic acids is 2. The summed E-state index contributed by atoms with van der Waals surface area (Å²) in [6.45, 7) is 4.41. The van der Waals surface area contributed by atoms with Gasteiger partial charge >= 0.3 is 0 Å². The number of hydrogen-bond acceptors (Lipinski definition) is 5. The Bertz CT molecular complexity index is 625. The molecular weight excluding hydrogens is 344 g/mol. The van der Waals surface area contributed by atoms with E-state index in [0.717, 1.165) is 32.6 Å². The fraction of sp³-hybridized carbons (Fsp3) is 0.789. The van der Waals surface area contributed by atoms with Crippen LogP contribution in [0, 0.1) is 5.92 Å². The molecule has 3 rings (SSSR count). The summed E-state index contributed by atoms with van der Waals surface area (Å²) in [4.78, 5) is 28.7. The monoisotopic (exact) mass is 376 g/mol. The molecule has 2 aliphatic rings. The average Bonchev–Trinajstić information content (AvgIpc) is 3.03. The highest BCUT2D eigenvalue weighted by atomic mass is 16.2. The van der Waals surface area contributed by atoms with Crippen LogP contribution >= 0.6 is 0 Å². The molecule has 0 spiro atoms. The van der Waals surface area contributed by atoms with Gasteiger partial charge in [-0.2, -0.15) is 0 Å². The van der Waals surface area contributed by atoms with Crippen LogP contribution < -0.4 is 5.32 Å². The number of likely N-dealkylation sites (N-methyl/N-ethyl adjacent to an activating group) is 1. The molecule has 8 heteroatoms. The SMILES string of the molecule is CN1CCCN(C(=O)c2cn(CCNC(=O)CC3CCCCC3)nn2)CC1. The highest BCUT2D eigenvalue weighted by molar-refractivity contribution is 5.91. The molecule has 1 aliphatic heterocycles. The third kappa shape index (κ3) is 6.02. The summed E-state index contributed by atoms with van der Waals surface area (Å²) < 4.78 is 1.64. The van der Waals surface area contributed by atoms with E-state index in [4.69, 9.17) is 0 Å². The second kappa shape index (κ2) is 9.82. The van der Waals surface area contributed by atoms with E-state index in [1.54, 1.807) is 10.9 Å². The number of nitrogens with zero attached hydrogens (tertiary/aromatic N) is 5. The van der Waals surface area contributed by atoms with Crippen LogP contribution in [-0.4, -0.2) is 76.4 Å². The zero-order valence-corrected chi connectivity index (χ0v) is 16.4. The summed E-state index contributed by atoms with van der Waals surface area (Å²) in [5.41, 5.74) is 0.382. The fourth-order valence-corrected chi connectivity index (χ4v) is 3.95. The first kappa shape index (κ1) is 19.8. The Kier molecular flexibility index (Phi) is 7.20. The molecule has 8 nitrogen and oxygen atoms in total. The highest BCUT2D eigenvalue weighted by Gasteiger charge is 2.21. The minimum absolute atomic E-state index is 0.0575. The van der Waals surface area contributed by atoms with Gasteiger partial charge in [0.1, 0.15) is 0 Å². The maximum absolute atomic E-state index is 12.6. The molecule has 1 saturated carbocycles. The van der Waals surface area contributed by atoms with Crippen molar-refractivity contribution >= 4 is 11.8 Å². The summed E-state index contributed by atoms with van der Waals surface area (Å²) in [5.74, 6) is 0.604. The molecule has 0 radical (unpaired) electrons. The van der Waals surface area contributed by atoms with Crippen molar-refractivity contribution in [2.75, 3.05) is 39.8 Å². The van der Waals surface area contributed by atoms with Crippen molar-refractivity contribution in [3.63, 3.8) is 0 Å². The number of carbonyl (C=O) groups is 2. The summed E-state index contributed by atoms with van der Waals surface area (Å²) in [6.07, 6.45) is 9.45. The van der Waals surface area contributed by atoms with Gasteiger partial charge in [-0.1, -0.05) is 24.5 Å². The molecule has 0 atom stereocenters. The van der Waals surface area contributed by atoms with Crippen molar-refractivity contribution in [2.24, 2.45) is 5.92 Å². The fourth-order valence-electron chi connectivity index (χ4n) is 3.95. The topological polar surface area (TPSA) is 83.4 Å². The van der Waals surface area contributed by atoms with Gasteiger partial charge in [0.25, 0.3) is 5.91 Å². The van der Waals surface area contributed by atoms with Crippen molar-refractivity contribution in [2.45, 2.75) is 51.5 Å². The first-order valence-corrected chi connectivity index (χ1v) is 10.3. The van der Waals surface area contributed by atoms with Gasteiger partial charge in [-0.3, -0.25) is 9.59 Å². The van der Waals surface area contributed by atoms with Crippen molar-refractivity contribution in [3.05, 3.63) is 11.9 Å². The maximum Gasteiger partial charge on any atom is 0.276 e. The molecule has 1 aromatic rings. The number of nitrogens with one attached hydrogen (secondary N) is 1. The predicted molar refractivity (Wildman–Crippen MR) is 102 cm³/mol. The van der Waals surface area contributed by atoms with Crippen LogP contribution in [-0.2, 0) is 11.3 Å². The molecule has 150 valence electrons. The lowest BCUT2D eigenvalue weighted by Gasteiger charge is -2.20. The zero-order chi connectivity index (χ0) is 19.1. The van der Waals surface area contributed by atoms with Crippen molar-refractivity contribution in [3.8, 4) is 0 Å². The molecule has 2 fully saturated rings. The quantitative estimate of drug-likeness (QED) is 0.805. The Hall–Kier alpha value is -1.96. The van der Waals surface area contributed by atoms with Crippen molar-refractivity contribution in [1.29, 1.82) is 0 Å². The van der Waals surface area contributed by atoms with E-state index < -0.39 is 0 Å². The van der Waals surface area contributed by atoms with E-state index in [-0.39, 0.29) is 11.8 Å². The van der Waals surface area contributed by atoms with Gasteiger partial charge in [-0.05, 0) is 38.8 Å². The molecule has 1 saturated heterocycles. The third-order valence-corrected chi connectivity index (χ3v) is 5.63. The van der Waals surface area contributed by atoms with E-state index in [0.29, 0.717) is 31.1 Å². The molecule has 27 heavy (non-hydrogen) atoms. The van der Waals surface area contributed by atoms with E-state index in [1.165, 1.54) is 32.1 Å². The smallest absolute Gasteiger partial charge is 0.276 e. The van der Waals surface area contributed by atoms with Crippen molar-refractivity contribution < 1.29 is 9.59 Å². The molecule has 1 aliphatic carbocycles. The van der Waals surface area contributed by atoms with E-state index in [1.807, 2.05) is 4.90 Å². The molecular formula is C19H32N6O2. The second-order valence-electron chi connectivity index (χ2n) is 7.87. The molecule has 0 bridgehead atoms. The predicted octanol–water partition coefficient (Wildman–Crippen LogP) is 1.14. The molecule has 2 heterocycles. The maximum atomic E-state index is 12.6. The lowest BCUT2D eigenvalue weighted by atomic mass is 9.87. The Morgan fingerprint density at radius 1 is 1.11 bits per heavy atom. The van der Waals surface area contributed by atoms with Crippen LogP contribution in [0.15, 0.2) is 6.20 Å². The highest BCUT2D eigenvalue weighted by Crippen LogP contribution is 2.25. The van der Waals surface area contributed by atoms with Crippen molar-refractivity contribution in [1.82, 2.24) is 30.1 Å². The molecule has 1 N–H and O–H groups in total. The zero-order valence-electron chi connectivity index (χ0n) is 16.4. The molecule has 1 aromatic heterocycles. The molecule has 0 aromatic carbocycles. The second-order valence-corrected chi connectivity index (χ2v) is 7.87. The number of hydrogen-bond donors (Lipinski definition) is 1.